The van der Waals surface area contributed by atoms with Crippen molar-refractivity contribution in [1.82, 2.24) is 5.32 Å². The molecule has 14 heavy (non-hydrogen) atoms. The van der Waals surface area contributed by atoms with Gasteiger partial charge in [-0.15, -0.1) is 0 Å². The topological polar surface area (TPSA) is 38.3 Å². The van der Waals surface area contributed by atoms with Crippen LogP contribution in [0.1, 0.15) is 40.5 Å². The third kappa shape index (κ3) is 2.98. The van der Waals surface area contributed by atoms with Gasteiger partial charge < -0.3 is 10.1 Å². The van der Waals surface area contributed by atoms with Gasteiger partial charge >= 0.3 is 0 Å². The van der Waals surface area contributed by atoms with Gasteiger partial charge in [-0.25, -0.2) is 0 Å². The third-order valence-corrected chi connectivity index (χ3v) is 2.72. The summed E-state index contributed by atoms with van der Waals surface area (Å²) in [6, 6.07) is 0.134. The minimum Gasteiger partial charge on any atom is -0.373 e. The first-order valence-corrected chi connectivity index (χ1v) is 5.46. The van der Waals surface area contributed by atoms with Crippen molar-refractivity contribution in [3.8, 4) is 0 Å². The number of hydrogen-bond donors (Lipinski definition) is 1. The zero-order valence-corrected chi connectivity index (χ0v) is 9.54. The van der Waals surface area contributed by atoms with E-state index in [4.69, 9.17) is 4.74 Å². The van der Waals surface area contributed by atoms with Crippen LogP contribution < -0.4 is 5.32 Å². The van der Waals surface area contributed by atoms with Gasteiger partial charge in [0, 0.05) is 5.92 Å². The standard InChI is InChI=1S/C11H21NO2/c1-7(2)11(13)12-9(4)10-6-5-8(3)14-10/h7-10H,5-6H2,1-4H3,(H,12,13). The summed E-state index contributed by atoms with van der Waals surface area (Å²) in [5, 5.41) is 2.98. The van der Waals surface area contributed by atoms with Crippen molar-refractivity contribution >= 4 is 5.91 Å². The Bertz CT molecular complexity index is 203. The molecule has 1 amide bonds. The second kappa shape index (κ2) is 4.78. The fourth-order valence-electron chi connectivity index (χ4n) is 1.69. The molecule has 82 valence electrons. The number of carbonyl (C=O) groups excluding carboxylic acids is 1. The van der Waals surface area contributed by atoms with Crippen LogP contribution in [0.3, 0.4) is 0 Å². The molecular formula is C11H21NO2. The van der Waals surface area contributed by atoms with Crippen molar-refractivity contribution in [1.29, 1.82) is 0 Å². The highest BCUT2D eigenvalue weighted by Gasteiger charge is 2.27. The molecule has 3 atom stereocenters. The molecule has 1 rings (SSSR count). The van der Waals surface area contributed by atoms with Gasteiger partial charge in [-0.1, -0.05) is 13.8 Å². The predicted molar refractivity (Wildman–Crippen MR) is 56.0 cm³/mol. The van der Waals surface area contributed by atoms with Crippen LogP contribution in [0, 0.1) is 5.92 Å². The maximum Gasteiger partial charge on any atom is 0.222 e. The first-order chi connectivity index (χ1) is 6.50. The van der Waals surface area contributed by atoms with E-state index in [1.54, 1.807) is 0 Å². The van der Waals surface area contributed by atoms with Gasteiger partial charge in [-0.2, -0.15) is 0 Å². The lowest BCUT2D eigenvalue weighted by molar-refractivity contribution is -0.125. The van der Waals surface area contributed by atoms with Crippen LogP contribution in [0.15, 0.2) is 0 Å². The van der Waals surface area contributed by atoms with E-state index in [9.17, 15) is 4.79 Å². The third-order valence-electron chi connectivity index (χ3n) is 2.72. The minimum absolute atomic E-state index is 0.0521. The Morgan fingerprint density at radius 2 is 2.00 bits per heavy atom. The Hall–Kier alpha value is -0.570. The minimum atomic E-state index is 0.0521. The molecule has 1 aliphatic heterocycles. The molecule has 0 bridgehead atoms. The molecule has 1 fully saturated rings. The summed E-state index contributed by atoms with van der Waals surface area (Å²) in [7, 11) is 0. The van der Waals surface area contributed by atoms with Gasteiger partial charge in [0.05, 0.1) is 18.2 Å². The maximum atomic E-state index is 11.4. The van der Waals surface area contributed by atoms with Crippen LogP contribution >= 0.6 is 0 Å². The molecule has 0 saturated carbocycles. The van der Waals surface area contributed by atoms with E-state index in [0.29, 0.717) is 6.10 Å². The average molecular weight is 199 g/mol. The molecule has 1 saturated heterocycles. The van der Waals surface area contributed by atoms with Crippen LogP contribution in [0.2, 0.25) is 0 Å². The number of ether oxygens (including phenoxy) is 1. The first kappa shape index (κ1) is 11.5. The average Bonchev–Trinajstić information content (AvgIpc) is 2.51. The van der Waals surface area contributed by atoms with Gasteiger partial charge in [0.25, 0.3) is 0 Å². The van der Waals surface area contributed by atoms with Crippen LogP contribution in [0.5, 0.6) is 0 Å². The Kier molecular flexibility index (Phi) is 3.93. The molecule has 0 aromatic carbocycles. The Labute approximate surface area is 86.2 Å². The van der Waals surface area contributed by atoms with Crippen molar-refractivity contribution < 1.29 is 9.53 Å². The van der Waals surface area contributed by atoms with Crippen molar-refractivity contribution in [2.45, 2.75) is 58.8 Å². The lowest BCUT2D eigenvalue weighted by Gasteiger charge is -2.21. The molecular weight excluding hydrogens is 178 g/mol. The Morgan fingerprint density at radius 3 is 2.43 bits per heavy atom. The summed E-state index contributed by atoms with van der Waals surface area (Å²) in [6.07, 6.45) is 2.71. The SMILES string of the molecule is CC1CCC(C(C)NC(=O)C(C)C)O1. The van der Waals surface area contributed by atoms with E-state index < -0.39 is 0 Å². The molecule has 3 nitrogen and oxygen atoms in total. The van der Waals surface area contributed by atoms with E-state index in [1.807, 2.05) is 20.8 Å². The van der Waals surface area contributed by atoms with Gasteiger partial charge in [0.15, 0.2) is 0 Å². The largest absolute Gasteiger partial charge is 0.373 e. The molecule has 3 heteroatoms. The quantitative estimate of drug-likeness (QED) is 0.751. The van der Waals surface area contributed by atoms with Crippen LogP contribution in [0.25, 0.3) is 0 Å². The lowest BCUT2D eigenvalue weighted by atomic mass is 10.1. The summed E-state index contributed by atoms with van der Waals surface area (Å²) >= 11 is 0. The highest BCUT2D eigenvalue weighted by atomic mass is 16.5. The number of nitrogens with one attached hydrogen (secondary N) is 1. The van der Waals surface area contributed by atoms with Gasteiger partial charge in [-0.05, 0) is 26.7 Å². The zero-order valence-electron chi connectivity index (χ0n) is 9.54. The summed E-state index contributed by atoms with van der Waals surface area (Å²) in [6.45, 7) is 7.90. The molecule has 0 aromatic rings. The van der Waals surface area contributed by atoms with Gasteiger partial charge in [-0.3, -0.25) is 4.79 Å². The normalized spacial score (nSPS) is 29.2. The van der Waals surface area contributed by atoms with Crippen LogP contribution in [-0.2, 0) is 9.53 Å². The Morgan fingerprint density at radius 1 is 1.36 bits per heavy atom. The summed E-state index contributed by atoms with van der Waals surface area (Å²) < 4.78 is 5.69. The van der Waals surface area contributed by atoms with Crippen LogP contribution in [0.4, 0.5) is 0 Å². The molecule has 0 spiro atoms. The summed E-state index contributed by atoms with van der Waals surface area (Å²) in [5.41, 5.74) is 0. The number of carbonyl (C=O) groups is 1. The van der Waals surface area contributed by atoms with Gasteiger partial charge in [0.1, 0.15) is 0 Å². The monoisotopic (exact) mass is 199 g/mol. The van der Waals surface area contributed by atoms with Crippen molar-refractivity contribution in [3.63, 3.8) is 0 Å². The predicted octanol–water partition coefficient (Wildman–Crippen LogP) is 1.71. The molecule has 1 aliphatic rings. The molecule has 0 aromatic heterocycles. The van der Waals surface area contributed by atoms with E-state index in [2.05, 4.69) is 12.2 Å². The fourth-order valence-corrected chi connectivity index (χ4v) is 1.69. The molecule has 3 unspecified atom stereocenters. The first-order valence-electron chi connectivity index (χ1n) is 5.46. The van der Waals surface area contributed by atoms with E-state index in [-0.39, 0.29) is 24.0 Å². The zero-order chi connectivity index (χ0) is 10.7. The van der Waals surface area contributed by atoms with Crippen molar-refractivity contribution in [2.24, 2.45) is 5.92 Å². The molecule has 0 aliphatic carbocycles. The van der Waals surface area contributed by atoms with Gasteiger partial charge in [0.2, 0.25) is 5.91 Å². The highest BCUT2D eigenvalue weighted by Crippen LogP contribution is 2.21. The number of hydrogen-bond acceptors (Lipinski definition) is 2. The second-order valence-corrected chi connectivity index (χ2v) is 4.51. The van der Waals surface area contributed by atoms with E-state index in [0.717, 1.165) is 12.8 Å². The van der Waals surface area contributed by atoms with Crippen molar-refractivity contribution in [3.05, 3.63) is 0 Å². The van der Waals surface area contributed by atoms with E-state index in [1.165, 1.54) is 0 Å². The highest BCUT2D eigenvalue weighted by molar-refractivity contribution is 5.78. The molecule has 1 N–H and O–H groups in total. The van der Waals surface area contributed by atoms with Crippen LogP contribution in [-0.4, -0.2) is 24.2 Å². The van der Waals surface area contributed by atoms with E-state index >= 15 is 0 Å². The number of rotatable bonds is 3. The van der Waals surface area contributed by atoms with Crippen molar-refractivity contribution in [2.75, 3.05) is 0 Å². The summed E-state index contributed by atoms with van der Waals surface area (Å²) in [5.74, 6) is 0.164. The second-order valence-electron chi connectivity index (χ2n) is 4.51. The molecule has 0 radical (unpaired) electrons. The number of amides is 1. The smallest absolute Gasteiger partial charge is 0.222 e. The fraction of sp³-hybridized carbons (Fsp3) is 0.909. The Balaban J connectivity index is 2.35. The maximum absolute atomic E-state index is 11.4. The lowest BCUT2D eigenvalue weighted by Crippen LogP contribution is -2.42. The molecule has 1 heterocycles. The summed E-state index contributed by atoms with van der Waals surface area (Å²) in [4.78, 5) is 11.4.